The van der Waals surface area contributed by atoms with E-state index in [1.165, 1.54) is 0 Å². The molecular formula is C15H12ClI2N3OS. The summed E-state index contributed by atoms with van der Waals surface area (Å²) in [5, 5.41) is 4.78. The van der Waals surface area contributed by atoms with Crippen LogP contribution in [0.5, 0.6) is 5.75 Å². The summed E-state index contributed by atoms with van der Waals surface area (Å²) in [6, 6.07) is 11.6. The first kappa shape index (κ1) is 18.7. The molecule has 0 aliphatic heterocycles. The van der Waals surface area contributed by atoms with Gasteiger partial charge >= 0.3 is 0 Å². The zero-order chi connectivity index (χ0) is 16.8. The molecule has 0 fully saturated rings. The number of hydrazone groups is 1. The van der Waals surface area contributed by atoms with Crippen LogP contribution in [0.3, 0.4) is 0 Å². The molecule has 23 heavy (non-hydrogen) atoms. The van der Waals surface area contributed by atoms with E-state index in [0.717, 1.165) is 24.0 Å². The van der Waals surface area contributed by atoms with Crippen molar-refractivity contribution in [3.63, 3.8) is 0 Å². The van der Waals surface area contributed by atoms with E-state index in [1.54, 1.807) is 6.21 Å². The topological polar surface area (TPSA) is 59.6 Å². The van der Waals surface area contributed by atoms with Gasteiger partial charge in [0.15, 0.2) is 5.11 Å². The third-order valence-electron chi connectivity index (χ3n) is 2.74. The van der Waals surface area contributed by atoms with Crippen LogP contribution >= 0.6 is 69.0 Å². The number of nitrogens with one attached hydrogen (secondary N) is 1. The summed E-state index contributed by atoms with van der Waals surface area (Å²) < 4.78 is 7.90. The van der Waals surface area contributed by atoms with Crippen LogP contribution in [0.25, 0.3) is 0 Å². The molecule has 2 aromatic rings. The van der Waals surface area contributed by atoms with Crippen molar-refractivity contribution in [3.05, 3.63) is 59.7 Å². The minimum atomic E-state index is 0.130. The molecule has 4 nitrogen and oxygen atoms in total. The molecule has 8 heteroatoms. The Morgan fingerprint density at radius 2 is 1.96 bits per heavy atom. The normalized spacial score (nSPS) is 10.7. The molecule has 2 aromatic carbocycles. The number of halogens is 3. The van der Waals surface area contributed by atoms with Gasteiger partial charge in [-0.3, -0.25) is 5.43 Å². The van der Waals surface area contributed by atoms with Crippen LogP contribution in [0.15, 0.2) is 41.5 Å². The zero-order valence-corrected chi connectivity index (χ0v) is 17.6. The summed E-state index contributed by atoms with van der Waals surface area (Å²) in [4.78, 5) is 0. The van der Waals surface area contributed by atoms with Crippen molar-refractivity contribution in [1.82, 2.24) is 5.43 Å². The van der Waals surface area contributed by atoms with Crippen molar-refractivity contribution in [2.75, 3.05) is 0 Å². The lowest BCUT2D eigenvalue weighted by Crippen LogP contribution is -2.24. The molecule has 0 atom stereocenters. The molecule has 3 N–H and O–H groups in total. The molecule has 2 rings (SSSR count). The van der Waals surface area contributed by atoms with Crippen molar-refractivity contribution < 1.29 is 4.74 Å². The van der Waals surface area contributed by atoms with Gasteiger partial charge in [0.1, 0.15) is 12.4 Å². The summed E-state index contributed by atoms with van der Waals surface area (Å²) in [5.41, 5.74) is 9.72. The molecule has 0 unspecified atom stereocenters. The fourth-order valence-corrected chi connectivity index (χ4v) is 4.10. The van der Waals surface area contributed by atoms with Crippen molar-refractivity contribution in [1.29, 1.82) is 0 Å². The summed E-state index contributed by atoms with van der Waals surface area (Å²) in [7, 11) is 0. The first-order valence-corrected chi connectivity index (χ1v) is 9.35. The number of hydrogen-bond donors (Lipinski definition) is 2. The fraction of sp³-hybridized carbons (Fsp3) is 0.0667. The third-order valence-corrected chi connectivity index (χ3v) is 4.80. The summed E-state index contributed by atoms with van der Waals surface area (Å²) in [6.07, 6.45) is 1.65. The average Bonchev–Trinajstić information content (AvgIpc) is 2.48. The Hall–Kier alpha value is -0.650. The second kappa shape index (κ2) is 9.00. The molecule has 0 heterocycles. The van der Waals surface area contributed by atoms with E-state index >= 15 is 0 Å². The van der Waals surface area contributed by atoms with Gasteiger partial charge in [-0.1, -0.05) is 29.8 Å². The second-order valence-corrected chi connectivity index (χ2v) is 7.60. The highest BCUT2D eigenvalue weighted by molar-refractivity contribution is 14.1. The van der Waals surface area contributed by atoms with Crippen molar-refractivity contribution in [2.24, 2.45) is 10.8 Å². The summed E-state index contributed by atoms with van der Waals surface area (Å²) in [5.74, 6) is 0.825. The Kier molecular flexibility index (Phi) is 7.31. The Morgan fingerprint density at radius 3 is 2.57 bits per heavy atom. The predicted molar refractivity (Wildman–Crippen MR) is 115 cm³/mol. The maximum Gasteiger partial charge on any atom is 0.184 e. The molecule has 0 spiro atoms. The van der Waals surface area contributed by atoms with Crippen LogP contribution in [0, 0.1) is 7.14 Å². The molecule has 0 aliphatic carbocycles. The van der Waals surface area contributed by atoms with Gasteiger partial charge in [-0.25, -0.2) is 0 Å². The Bertz CT molecular complexity index is 732. The van der Waals surface area contributed by atoms with Crippen LogP contribution in [-0.4, -0.2) is 11.3 Å². The van der Waals surface area contributed by atoms with E-state index < -0.39 is 0 Å². The third kappa shape index (κ3) is 5.73. The van der Waals surface area contributed by atoms with Gasteiger partial charge in [0, 0.05) is 10.6 Å². The number of ether oxygens (including phenoxy) is 1. The highest BCUT2D eigenvalue weighted by atomic mass is 127. The average molecular weight is 572 g/mol. The van der Waals surface area contributed by atoms with Gasteiger partial charge in [0.05, 0.1) is 13.4 Å². The lowest BCUT2D eigenvalue weighted by molar-refractivity contribution is 0.302. The van der Waals surface area contributed by atoms with Crippen LogP contribution in [0.4, 0.5) is 0 Å². The number of nitrogens with two attached hydrogens (primary N) is 1. The highest BCUT2D eigenvalue weighted by Gasteiger charge is 2.09. The SMILES string of the molecule is NC(=S)N/N=C\c1cc(I)c(OCc2ccccc2Cl)c(I)c1. The van der Waals surface area contributed by atoms with Crippen molar-refractivity contribution in [2.45, 2.75) is 6.61 Å². The van der Waals surface area contributed by atoms with E-state index in [4.69, 9.17) is 34.3 Å². The Labute approximate surface area is 172 Å². The molecule has 0 aromatic heterocycles. The zero-order valence-electron chi connectivity index (χ0n) is 11.7. The van der Waals surface area contributed by atoms with Crippen LogP contribution in [0.2, 0.25) is 5.02 Å². The lowest BCUT2D eigenvalue weighted by atomic mass is 10.2. The number of thiocarbonyl (C=S) groups is 1. The minimum absolute atomic E-state index is 0.130. The van der Waals surface area contributed by atoms with Gasteiger partial charge in [-0.2, -0.15) is 5.10 Å². The molecule has 0 saturated heterocycles. The summed E-state index contributed by atoms with van der Waals surface area (Å²) >= 11 is 15.3. The number of nitrogens with zero attached hydrogens (tertiary/aromatic N) is 1. The molecule has 0 radical (unpaired) electrons. The van der Waals surface area contributed by atoms with E-state index in [-0.39, 0.29) is 5.11 Å². The monoisotopic (exact) mass is 571 g/mol. The van der Waals surface area contributed by atoms with Crippen molar-refractivity contribution >= 4 is 80.3 Å². The van der Waals surface area contributed by atoms with Crippen LogP contribution in [-0.2, 0) is 6.61 Å². The number of benzene rings is 2. The predicted octanol–water partition coefficient (Wildman–Crippen LogP) is 4.30. The van der Waals surface area contributed by atoms with E-state index in [1.807, 2.05) is 36.4 Å². The molecule has 0 aliphatic rings. The first-order chi connectivity index (χ1) is 11.0. The second-order valence-electron chi connectivity index (χ2n) is 4.43. The van der Waals surface area contributed by atoms with Crippen LogP contribution in [0.1, 0.15) is 11.1 Å². The Balaban J connectivity index is 2.13. The highest BCUT2D eigenvalue weighted by Crippen LogP contribution is 2.30. The van der Waals surface area contributed by atoms with Gasteiger partial charge in [0.25, 0.3) is 0 Å². The number of rotatable bonds is 5. The van der Waals surface area contributed by atoms with Crippen LogP contribution < -0.4 is 15.9 Å². The minimum Gasteiger partial charge on any atom is -0.487 e. The maximum atomic E-state index is 6.15. The molecule has 120 valence electrons. The lowest BCUT2D eigenvalue weighted by Gasteiger charge is -2.12. The molecular weight excluding hydrogens is 560 g/mol. The smallest absolute Gasteiger partial charge is 0.184 e. The van der Waals surface area contributed by atoms with E-state index in [9.17, 15) is 0 Å². The standard InChI is InChI=1S/C15H12ClI2N3OS/c16-11-4-2-1-3-10(11)8-22-14-12(17)5-9(6-13(14)18)7-20-21-15(19)23/h1-7H,8H2,(H3,19,21,23)/b20-7-. The number of hydrogen-bond acceptors (Lipinski definition) is 3. The summed E-state index contributed by atoms with van der Waals surface area (Å²) in [6.45, 7) is 0.419. The van der Waals surface area contributed by atoms with Crippen molar-refractivity contribution in [3.8, 4) is 5.75 Å². The molecule has 0 saturated carbocycles. The van der Waals surface area contributed by atoms with Gasteiger partial charge in [-0.15, -0.1) is 0 Å². The fourth-order valence-electron chi connectivity index (χ4n) is 1.73. The molecule has 0 bridgehead atoms. The Morgan fingerprint density at radius 1 is 1.30 bits per heavy atom. The largest absolute Gasteiger partial charge is 0.487 e. The van der Waals surface area contributed by atoms with Gasteiger partial charge in [-0.05, 0) is 81.2 Å². The quantitative estimate of drug-likeness (QED) is 0.243. The van der Waals surface area contributed by atoms with E-state index in [2.05, 4.69) is 55.7 Å². The molecule has 0 amide bonds. The maximum absolute atomic E-state index is 6.15. The van der Waals surface area contributed by atoms with E-state index in [0.29, 0.717) is 11.6 Å². The van der Waals surface area contributed by atoms with Gasteiger partial charge < -0.3 is 10.5 Å². The van der Waals surface area contributed by atoms with Gasteiger partial charge in [0.2, 0.25) is 0 Å². The first-order valence-electron chi connectivity index (χ1n) is 6.41.